The third kappa shape index (κ3) is 2.57. The first-order valence-corrected chi connectivity index (χ1v) is 6.62. The standard InChI is InChI=1S/C13H16N4O3/c1-8-5-10(9(2)19-8)13-16-15-12(20-13)7-17-4-3-14-11(18)6-17/h5H,3-4,6-7H2,1-2H3,(H,14,18)/p+1. The van der Waals surface area contributed by atoms with Gasteiger partial charge >= 0.3 is 0 Å². The number of furan rings is 1. The first-order valence-electron chi connectivity index (χ1n) is 6.62. The molecular weight excluding hydrogens is 260 g/mol. The molecule has 0 aliphatic carbocycles. The molecule has 7 heteroatoms. The maximum atomic E-state index is 11.3. The lowest BCUT2D eigenvalue weighted by Gasteiger charge is -2.21. The SMILES string of the molecule is Cc1cc(-c2nnc(C[NH+]3CCNC(=O)C3)o2)c(C)o1. The average Bonchev–Trinajstić information content (AvgIpc) is 2.96. The van der Waals surface area contributed by atoms with Crippen LogP contribution in [0.5, 0.6) is 0 Å². The summed E-state index contributed by atoms with van der Waals surface area (Å²) < 4.78 is 11.1. The topological polar surface area (TPSA) is 85.6 Å². The van der Waals surface area contributed by atoms with Gasteiger partial charge in [-0.3, -0.25) is 4.79 Å². The van der Waals surface area contributed by atoms with E-state index in [0.717, 1.165) is 28.5 Å². The number of quaternary nitrogens is 1. The maximum absolute atomic E-state index is 11.3. The zero-order valence-corrected chi connectivity index (χ0v) is 11.5. The summed E-state index contributed by atoms with van der Waals surface area (Å²) in [6, 6.07) is 1.88. The molecule has 1 saturated heterocycles. The van der Waals surface area contributed by atoms with Crippen molar-refractivity contribution in [1.82, 2.24) is 15.5 Å². The zero-order chi connectivity index (χ0) is 14.1. The molecule has 1 amide bonds. The van der Waals surface area contributed by atoms with Crippen LogP contribution in [0.1, 0.15) is 17.4 Å². The molecule has 3 heterocycles. The number of nitrogens with zero attached hydrogens (tertiary/aromatic N) is 2. The lowest BCUT2D eigenvalue weighted by atomic mass is 10.2. The highest BCUT2D eigenvalue weighted by Gasteiger charge is 2.23. The largest absolute Gasteiger partial charge is 0.466 e. The molecule has 1 unspecified atom stereocenters. The van der Waals surface area contributed by atoms with E-state index in [1.54, 1.807) is 0 Å². The number of hydrogen-bond donors (Lipinski definition) is 2. The van der Waals surface area contributed by atoms with Crippen molar-refractivity contribution in [3.05, 3.63) is 23.5 Å². The van der Waals surface area contributed by atoms with Crippen molar-refractivity contribution in [2.24, 2.45) is 0 Å². The molecule has 0 aromatic carbocycles. The van der Waals surface area contributed by atoms with Crippen LogP contribution in [0.3, 0.4) is 0 Å². The van der Waals surface area contributed by atoms with E-state index >= 15 is 0 Å². The molecule has 2 aromatic rings. The first kappa shape index (κ1) is 12.9. The third-order valence-corrected chi connectivity index (χ3v) is 3.35. The number of amides is 1. The summed E-state index contributed by atoms with van der Waals surface area (Å²) in [7, 11) is 0. The highest BCUT2D eigenvalue weighted by molar-refractivity contribution is 5.77. The van der Waals surface area contributed by atoms with Gasteiger partial charge in [0, 0.05) is 0 Å². The van der Waals surface area contributed by atoms with Crippen LogP contribution in [0, 0.1) is 13.8 Å². The fourth-order valence-corrected chi connectivity index (χ4v) is 2.40. The van der Waals surface area contributed by atoms with Gasteiger partial charge in [-0.05, 0) is 19.9 Å². The Labute approximate surface area is 116 Å². The Morgan fingerprint density at radius 2 is 2.20 bits per heavy atom. The van der Waals surface area contributed by atoms with Gasteiger partial charge in [0.1, 0.15) is 11.5 Å². The van der Waals surface area contributed by atoms with Crippen LogP contribution in [-0.4, -0.2) is 35.7 Å². The van der Waals surface area contributed by atoms with Crippen LogP contribution >= 0.6 is 0 Å². The number of nitrogens with one attached hydrogen (secondary N) is 2. The van der Waals surface area contributed by atoms with Crippen LogP contribution in [0.4, 0.5) is 0 Å². The van der Waals surface area contributed by atoms with E-state index in [9.17, 15) is 4.79 Å². The Kier molecular flexibility index (Phi) is 3.27. The van der Waals surface area contributed by atoms with Gasteiger partial charge in [-0.1, -0.05) is 0 Å². The van der Waals surface area contributed by atoms with Crippen molar-refractivity contribution in [2.75, 3.05) is 19.6 Å². The summed E-state index contributed by atoms with van der Waals surface area (Å²) in [6.07, 6.45) is 0. The van der Waals surface area contributed by atoms with Gasteiger partial charge in [0.05, 0.1) is 18.7 Å². The fourth-order valence-electron chi connectivity index (χ4n) is 2.40. The fraction of sp³-hybridized carbons (Fsp3) is 0.462. The van der Waals surface area contributed by atoms with Crippen LogP contribution < -0.4 is 10.2 Å². The second-order valence-corrected chi connectivity index (χ2v) is 5.03. The quantitative estimate of drug-likeness (QED) is 0.787. The predicted molar refractivity (Wildman–Crippen MR) is 68.9 cm³/mol. The van der Waals surface area contributed by atoms with Gasteiger partial charge in [-0.15, -0.1) is 10.2 Å². The van der Waals surface area contributed by atoms with Gasteiger partial charge in [-0.25, -0.2) is 0 Å². The summed E-state index contributed by atoms with van der Waals surface area (Å²) in [5.41, 5.74) is 0.827. The van der Waals surface area contributed by atoms with Crippen molar-refractivity contribution in [2.45, 2.75) is 20.4 Å². The Morgan fingerprint density at radius 3 is 2.90 bits per heavy atom. The number of carbonyl (C=O) groups excluding carboxylic acids is 1. The Balaban J connectivity index is 1.73. The smallest absolute Gasteiger partial charge is 0.275 e. The minimum Gasteiger partial charge on any atom is -0.466 e. The van der Waals surface area contributed by atoms with E-state index in [-0.39, 0.29) is 5.91 Å². The number of aromatic nitrogens is 2. The van der Waals surface area contributed by atoms with Crippen molar-refractivity contribution in [3.63, 3.8) is 0 Å². The van der Waals surface area contributed by atoms with Gasteiger partial charge in [0.25, 0.3) is 17.7 Å². The van der Waals surface area contributed by atoms with E-state index in [0.29, 0.717) is 31.4 Å². The number of hydrogen-bond acceptors (Lipinski definition) is 5. The first-order chi connectivity index (χ1) is 9.61. The molecule has 1 aliphatic rings. The van der Waals surface area contributed by atoms with Gasteiger partial charge in [0.2, 0.25) is 0 Å². The molecule has 2 aromatic heterocycles. The van der Waals surface area contributed by atoms with Gasteiger partial charge in [-0.2, -0.15) is 0 Å². The number of carbonyl (C=O) groups is 1. The molecule has 1 fully saturated rings. The number of aryl methyl sites for hydroxylation is 2. The van der Waals surface area contributed by atoms with Crippen LogP contribution in [0.25, 0.3) is 11.5 Å². The van der Waals surface area contributed by atoms with Crippen molar-refractivity contribution < 1.29 is 18.5 Å². The van der Waals surface area contributed by atoms with E-state index in [4.69, 9.17) is 8.83 Å². The van der Waals surface area contributed by atoms with E-state index in [1.807, 2.05) is 19.9 Å². The molecule has 2 N–H and O–H groups in total. The number of rotatable bonds is 3. The zero-order valence-electron chi connectivity index (χ0n) is 11.5. The van der Waals surface area contributed by atoms with Crippen molar-refractivity contribution in [1.29, 1.82) is 0 Å². The lowest BCUT2D eigenvalue weighted by Crippen LogP contribution is -3.14. The minimum atomic E-state index is 0.0623. The van der Waals surface area contributed by atoms with Crippen LogP contribution in [0.15, 0.2) is 14.9 Å². The van der Waals surface area contributed by atoms with E-state index in [1.165, 1.54) is 0 Å². The summed E-state index contributed by atoms with van der Waals surface area (Å²) >= 11 is 0. The minimum absolute atomic E-state index is 0.0623. The Bertz CT molecular complexity index is 631. The van der Waals surface area contributed by atoms with Crippen LogP contribution in [0.2, 0.25) is 0 Å². The normalized spacial score (nSPS) is 19.1. The monoisotopic (exact) mass is 277 g/mol. The summed E-state index contributed by atoms with van der Waals surface area (Å²) in [6.45, 7) is 6.32. The molecule has 7 nitrogen and oxygen atoms in total. The molecule has 0 bridgehead atoms. The number of piperazine rings is 1. The molecule has 1 atom stereocenters. The Hall–Kier alpha value is -2.15. The molecule has 0 spiro atoms. The molecule has 0 radical (unpaired) electrons. The molecule has 1 aliphatic heterocycles. The van der Waals surface area contributed by atoms with Gasteiger partial charge in [0.15, 0.2) is 13.1 Å². The third-order valence-electron chi connectivity index (χ3n) is 3.35. The summed E-state index contributed by atoms with van der Waals surface area (Å²) in [4.78, 5) is 12.5. The van der Waals surface area contributed by atoms with Crippen molar-refractivity contribution >= 4 is 5.91 Å². The summed E-state index contributed by atoms with van der Waals surface area (Å²) in [5, 5.41) is 10.9. The average molecular weight is 277 g/mol. The lowest BCUT2D eigenvalue weighted by molar-refractivity contribution is -0.908. The molecule has 3 rings (SSSR count). The predicted octanol–water partition coefficient (Wildman–Crippen LogP) is -0.539. The van der Waals surface area contributed by atoms with Crippen LogP contribution in [-0.2, 0) is 11.3 Å². The second kappa shape index (κ2) is 5.09. The second-order valence-electron chi connectivity index (χ2n) is 5.03. The highest BCUT2D eigenvalue weighted by atomic mass is 16.4. The van der Waals surface area contributed by atoms with E-state index < -0.39 is 0 Å². The molecule has 0 saturated carbocycles. The maximum Gasteiger partial charge on any atom is 0.275 e. The molecule has 20 heavy (non-hydrogen) atoms. The molecule has 106 valence electrons. The highest BCUT2D eigenvalue weighted by Crippen LogP contribution is 2.25. The summed E-state index contributed by atoms with van der Waals surface area (Å²) in [5.74, 6) is 2.66. The van der Waals surface area contributed by atoms with E-state index in [2.05, 4.69) is 15.5 Å². The van der Waals surface area contributed by atoms with Crippen molar-refractivity contribution in [3.8, 4) is 11.5 Å². The molecular formula is C13H17N4O3+. The Morgan fingerprint density at radius 1 is 1.35 bits per heavy atom. The van der Waals surface area contributed by atoms with Gasteiger partial charge < -0.3 is 19.1 Å².